The number of hydrogen-bond acceptors (Lipinski definition) is 9. The maximum absolute atomic E-state index is 13.5. The van der Waals surface area contributed by atoms with Crippen molar-refractivity contribution in [2.75, 3.05) is 41.4 Å². The van der Waals surface area contributed by atoms with Crippen molar-refractivity contribution in [3.63, 3.8) is 0 Å². The third-order valence-corrected chi connectivity index (χ3v) is 7.69. The van der Waals surface area contributed by atoms with E-state index in [1.807, 2.05) is 37.3 Å². The van der Waals surface area contributed by atoms with Gasteiger partial charge in [-0.15, -0.1) is 0 Å². The number of amides is 1. The predicted molar refractivity (Wildman–Crippen MR) is 168 cm³/mol. The number of ether oxygens (including phenoxy) is 2. The zero-order chi connectivity index (χ0) is 30.4. The van der Waals surface area contributed by atoms with E-state index >= 15 is 0 Å². The molecule has 11 nitrogen and oxygen atoms in total. The van der Waals surface area contributed by atoms with E-state index in [0.29, 0.717) is 33.9 Å². The minimum absolute atomic E-state index is 0.00898. The Morgan fingerprint density at radius 1 is 0.744 bits per heavy atom. The van der Waals surface area contributed by atoms with E-state index in [4.69, 9.17) is 9.47 Å². The Hall–Kier alpha value is -5.36. The number of carbonyl (C=O) groups excluding carboxylic acids is 1. The number of nitrogens with one attached hydrogen (secondary N) is 4. The minimum Gasteiger partial charge on any atom is -0.497 e. The van der Waals surface area contributed by atoms with E-state index in [9.17, 15) is 13.2 Å². The van der Waals surface area contributed by atoms with Gasteiger partial charge in [-0.2, -0.15) is 0 Å². The van der Waals surface area contributed by atoms with Gasteiger partial charge < -0.3 is 25.4 Å². The van der Waals surface area contributed by atoms with Crippen molar-refractivity contribution < 1.29 is 22.7 Å². The van der Waals surface area contributed by atoms with Crippen molar-refractivity contribution in [3.05, 3.63) is 96.6 Å². The van der Waals surface area contributed by atoms with E-state index in [2.05, 4.69) is 30.6 Å². The second-order valence-electron chi connectivity index (χ2n) is 9.54. The molecule has 0 radical (unpaired) electrons. The van der Waals surface area contributed by atoms with Gasteiger partial charge in [0.05, 0.1) is 36.7 Å². The van der Waals surface area contributed by atoms with Gasteiger partial charge in [0.25, 0.3) is 10.0 Å². The third kappa shape index (κ3) is 7.29. The molecule has 0 fully saturated rings. The van der Waals surface area contributed by atoms with Crippen LogP contribution in [0.4, 0.5) is 28.7 Å². The molecular formula is C31H30N6O5S. The zero-order valence-corrected chi connectivity index (χ0v) is 24.5. The van der Waals surface area contributed by atoms with Crippen LogP contribution in [0.2, 0.25) is 0 Å². The van der Waals surface area contributed by atoms with Crippen molar-refractivity contribution in [3.8, 4) is 11.5 Å². The molecule has 1 heterocycles. The van der Waals surface area contributed by atoms with Crippen LogP contribution < -0.4 is 30.1 Å². The lowest BCUT2D eigenvalue weighted by Gasteiger charge is -2.15. The number of fused-ring (bicyclic) bond motifs is 1. The normalized spacial score (nSPS) is 11.0. The highest BCUT2D eigenvalue weighted by Gasteiger charge is 2.20. The Bertz CT molecular complexity index is 1860. The van der Waals surface area contributed by atoms with Crippen LogP contribution in [0.15, 0.2) is 95.9 Å². The molecule has 0 aliphatic carbocycles. The van der Waals surface area contributed by atoms with Gasteiger partial charge in [-0.05, 0) is 49.4 Å². The van der Waals surface area contributed by atoms with Crippen LogP contribution >= 0.6 is 0 Å². The summed E-state index contributed by atoms with van der Waals surface area (Å²) in [7, 11) is -1.08. The highest BCUT2D eigenvalue weighted by Crippen LogP contribution is 2.31. The fourth-order valence-corrected chi connectivity index (χ4v) is 5.22. The highest BCUT2D eigenvalue weighted by molar-refractivity contribution is 7.92. The summed E-state index contributed by atoms with van der Waals surface area (Å²) in [4.78, 5) is 21.6. The molecule has 0 saturated heterocycles. The van der Waals surface area contributed by atoms with E-state index in [1.165, 1.54) is 26.4 Å². The summed E-state index contributed by atoms with van der Waals surface area (Å²) in [5, 5.41) is 8.91. The van der Waals surface area contributed by atoms with Gasteiger partial charge in [0.2, 0.25) is 5.91 Å². The second kappa shape index (κ2) is 12.7. The zero-order valence-electron chi connectivity index (χ0n) is 23.7. The van der Waals surface area contributed by atoms with Crippen molar-refractivity contribution in [2.24, 2.45) is 0 Å². The predicted octanol–water partition coefficient (Wildman–Crippen LogP) is 5.55. The number of sulfonamides is 1. The molecule has 5 aromatic rings. The Kier molecular flexibility index (Phi) is 8.58. The number of hydrogen-bond donors (Lipinski definition) is 4. The number of carbonyl (C=O) groups is 1. The topological polar surface area (TPSA) is 144 Å². The van der Waals surface area contributed by atoms with Crippen molar-refractivity contribution >= 4 is 55.7 Å². The van der Waals surface area contributed by atoms with Crippen LogP contribution in [0, 0.1) is 6.92 Å². The summed E-state index contributed by atoms with van der Waals surface area (Å²) in [5.41, 5.74) is 3.84. The second-order valence-corrected chi connectivity index (χ2v) is 11.2. The van der Waals surface area contributed by atoms with E-state index in [-0.39, 0.29) is 29.0 Å². The molecule has 0 aliphatic rings. The first-order chi connectivity index (χ1) is 20.7. The molecule has 0 atom stereocenters. The molecule has 0 spiro atoms. The lowest BCUT2D eigenvalue weighted by Crippen LogP contribution is -2.22. The van der Waals surface area contributed by atoms with Crippen LogP contribution in [-0.4, -0.2) is 45.1 Å². The summed E-state index contributed by atoms with van der Waals surface area (Å²) in [6, 6.07) is 25.9. The SMILES string of the molecule is COc1cc(Nc2nc3ccccc3nc2NS(=O)(=O)c2cccc(NC(=O)CNc3ccc(C)cc3)c2)cc(OC)c1. The van der Waals surface area contributed by atoms with Crippen molar-refractivity contribution in [1.82, 2.24) is 9.97 Å². The Labute approximate surface area is 249 Å². The number of methoxy groups -OCH3 is 2. The first-order valence-corrected chi connectivity index (χ1v) is 14.7. The summed E-state index contributed by atoms with van der Waals surface area (Å²) >= 11 is 0. The van der Waals surface area contributed by atoms with Gasteiger partial charge in [0.15, 0.2) is 11.6 Å². The van der Waals surface area contributed by atoms with Crippen LogP contribution in [0.3, 0.4) is 0 Å². The lowest BCUT2D eigenvalue weighted by atomic mass is 10.2. The number of nitrogens with zero attached hydrogens (tertiary/aromatic N) is 2. The number of aromatic nitrogens is 2. The summed E-state index contributed by atoms with van der Waals surface area (Å²) in [6.07, 6.45) is 0. The number of rotatable bonds is 11. The number of benzene rings is 4. The quantitative estimate of drug-likeness (QED) is 0.154. The van der Waals surface area contributed by atoms with Crippen LogP contribution in [0.1, 0.15) is 5.56 Å². The number of anilines is 5. The Balaban J connectivity index is 1.38. The molecule has 4 N–H and O–H groups in total. The van der Waals surface area contributed by atoms with Gasteiger partial charge in [-0.25, -0.2) is 18.4 Å². The molecule has 1 aromatic heterocycles. The van der Waals surface area contributed by atoms with Gasteiger partial charge in [0.1, 0.15) is 11.5 Å². The minimum atomic E-state index is -4.15. The van der Waals surface area contributed by atoms with Gasteiger partial charge in [0, 0.05) is 35.3 Å². The molecule has 0 unspecified atom stereocenters. The largest absolute Gasteiger partial charge is 0.497 e. The van der Waals surface area contributed by atoms with Gasteiger partial charge >= 0.3 is 0 Å². The van der Waals surface area contributed by atoms with Crippen LogP contribution in [0.25, 0.3) is 11.0 Å². The average molecular weight is 599 g/mol. The monoisotopic (exact) mass is 598 g/mol. The first kappa shape index (κ1) is 29.1. The van der Waals surface area contributed by atoms with E-state index in [1.54, 1.807) is 48.5 Å². The standard InChI is InChI=1S/C31H30N6O5S/c1-20-11-13-21(14-12-20)32-19-29(38)33-22-7-6-8-26(17-22)43(39,40)37-31-30(35-27-9-4-5-10-28(27)36-31)34-23-15-24(41-2)18-25(16-23)42-3/h4-18,32H,19H2,1-3H3,(H,33,38)(H,34,35)(H,36,37). The maximum atomic E-state index is 13.5. The molecule has 43 heavy (non-hydrogen) atoms. The maximum Gasteiger partial charge on any atom is 0.263 e. The van der Waals surface area contributed by atoms with Crippen molar-refractivity contribution in [1.29, 1.82) is 0 Å². The molecule has 5 rings (SSSR count). The Morgan fingerprint density at radius 2 is 1.40 bits per heavy atom. The van der Waals surface area contributed by atoms with Gasteiger partial charge in [-0.3, -0.25) is 9.52 Å². The fourth-order valence-electron chi connectivity index (χ4n) is 4.16. The molecular weight excluding hydrogens is 568 g/mol. The fraction of sp³-hybridized carbons (Fsp3) is 0.129. The molecule has 0 saturated carbocycles. The number of para-hydroxylation sites is 2. The summed E-state index contributed by atoms with van der Waals surface area (Å²) < 4.78 is 40.4. The lowest BCUT2D eigenvalue weighted by molar-refractivity contribution is -0.114. The molecule has 4 aromatic carbocycles. The third-order valence-electron chi connectivity index (χ3n) is 6.35. The molecule has 12 heteroatoms. The first-order valence-electron chi connectivity index (χ1n) is 13.2. The smallest absolute Gasteiger partial charge is 0.263 e. The van der Waals surface area contributed by atoms with Crippen molar-refractivity contribution in [2.45, 2.75) is 11.8 Å². The molecule has 220 valence electrons. The molecule has 0 bridgehead atoms. The van der Waals surface area contributed by atoms with E-state index in [0.717, 1.165) is 11.3 Å². The molecule has 1 amide bonds. The number of aryl methyl sites for hydroxylation is 1. The summed E-state index contributed by atoms with van der Waals surface area (Å²) in [5.74, 6) is 0.890. The summed E-state index contributed by atoms with van der Waals surface area (Å²) in [6.45, 7) is 1.99. The Morgan fingerprint density at radius 3 is 2.05 bits per heavy atom. The van der Waals surface area contributed by atoms with E-state index < -0.39 is 10.0 Å². The van der Waals surface area contributed by atoms with Gasteiger partial charge in [-0.1, -0.05) is 35.9 Å². The molecule has 0 aliphatic heterocycles. The highest BCUT2D eigenvalue weighted by atomic mass is 32.2. The van der Waals surface area contributed by atoms with Crippen LogP contribution in [0.5, 0.6) is 11.5 Å². The van der Waals surface area contributed by atoms with Crippen LogP contribution in [-0.2, 0) is 14.8 Å². The average Bonchev–Trinajstić information content (AvgIpc) is 3.01.